The van der Waals surface area contributed by atoms with E-state index in [1.54, 1.807) is 26.4 Å². The zero-order chi connectivity index (χ0) is 12.1. The lowest BCUT2D eigenvalue weighted by Crippen LogP contribution is -2.07. The van der Waals surface area contributed by atoms with Crippen LogP contribution in [0.25, 0.3) is 0 Å². The molecular formula is C11H18N2O3. The number of ether oxygens (including phenoxy) is 2. The Kier molecular flexibility index (Phi) is 10.3. The van der Waals surface area contributed by atoms with Gasteiger partial charge >= 0.3 is 0 Å². The van der Waals surface area contributed by atoms with Gasteiger partial charge in [-0.15, -0.1) is 0 Å². The summed E-state index contributed by atoms with van der Waals surface area (Å²) in [6.45, 7) is 4.20. The highest BCUT2D eigenvalue weighted by atomic mass is 16.5. The highest BCUT2D eigenvalue weighted by Crippen LogP contribution is 2.00. The van der Waals surface area contributed by atoms with E-state index in [9.17, 15) is 4.79 Å². The number of pyridine rings is 1. The number of rotatable bonds is 6. The average Bonchev–Trinajstić information content (AvgIpc) is 2.33. The Morgan fingerprint density at radius 2 is 2.38 bits per heavy atom. The molecule has 1 N–H and O–H groups in total. The second-order valence-corrected chi connectivity index (χ2v) is 2.71. The van der Waals surface area contributed by atoms with Crippen molar-refractivity contribution in [3.63, 3.8) is 0 Å². The van der Waals surface area contributed by atoms with E-state index >= 15 is 0 Å². The fraction of sp³-hybridized carbons (Fsp3) is 0.455. The molecule has 1 rings (SSSR count). The number of carbonyl (C=O) groups is 1. The molecule has 90 valence electrons. The van der Waals surface area contributed by atoms with Crippen LogP contribution in [0.3, 0.4) is 0 Å². The molecule has 1 aromatic rings. The molecule has 0 saturated carbocycles. The lowest BCUT2D eigenvalue weighted by Gasteiger charge is -2.03. The molecule has 0 aromatic carbocycles. The van der Waals surface area contributed by atoms with E-state index in [0.717, 1.165) is 18.8 Å². The van der Waals surface area contributed by atoms with Gasteiger partial charge in [0.05, 0.1) is 18.9 Å². The molecule has 0 atom stereocenters. The van der Waals surface area contributed by atoms with Crippen LogP contribution in [-0.2, 0) is 14.3 Å². The highest BCUT2D eigenvalue weighted by Gasteiger charge is 1.87. The van der Waals surface area contributed by atoms with Crippen LogP contribution in [0.4, 0.5) is 5.69 Å². The molecule has 0 bridgehead atoms. The predicted octanol–water partition coefficient (Wildman–Crippen LogP) is 1.32. The van der Waals surface area contributed by atoms with Crippen molar-refractivity contribution in [2.45, 2.75) is 6.92 Å². The molecule has 0 radical (unpaired) electrons. The molecule has 1 heterocycles. The van der Waals surface area contributed by atoms with Crippen LogP contribution in [0.1, 0.15) is 6.92 Å². The molecule has 0 amide bonds. The first-order valence-electron chi connectivity index (χ1n) is 5.03. The molecule has 5 heteroatoms. The SMILES string of the molecule is CCOC=O.COCCNc1cccnc1. The maximum Gasteiger partial charge on any atom is 0.293 e. The summed E-state index contributed by atoms with van der Waals surface area (Å²) in [5, 5.41) is 3.16. The molecule has 0 aliphatic carbocycles. The summed E-state index contributed by atoms with van der Waals surface area (Å²) in [5.74, 6) is 0. The topological polar surface area (TPSA) is 60.5 Å². The number of nitrogens with one attached hydrogen (secondary N) is 1. The molecule has 5 nitrogen and oxygen atoms in total. The van der Waals surface area contributed by atoms with Gasteiger partial charge in [0.25, 0.3) is 6.47 Å². The van der Waals surface area contributed by atoms with Gasteiger partial charge < -0.3 is 14.8 Å². The fourth-order valence-corrected chi connectivity index (χ4v) is 0.833. The molecule has 0 fully saturated rings. The predicted molar refractivity (Wildman–Crippen MR) is 62.3 cm³/mol. The first-order valence-corrected chi connectivity index (χ1v) is 5.03. The fourth-order valence-electron chi connectivity index (χ4n) is 0.833. The number of hydrogen-bond donors (Lipinski definition) is 1. The third kappa shape index (κ3) is 8.96. The van der Waals surface area contributed by atoms with E-state index in [1.807, 2.05) is 12.1 Å². The number of aromatic nitrogens is 1. The van der Waals surface area contributed by atoms with Crippen LogP contribution in [0.2, 0.25) is 0 Å². The standard InChI is InChI=1S/C8H12N2O.C3H6O2/c1-11-6-5-10-8-3-2-4-9-7-8;1-2-5-3-4/h2-4,7,10H,5-6H2,1H3;3H,2H2,1H3. The minimum Gasteiger partial charge on any atom is -0.468 e. The van der Waals surface area contributed by atoms with Gasteiger partial charge in [0.15, 0.2) is 0 Å². The zero-order valence-corrected chi connectivity index (χ0v) is 9.68. The molecule has 1 aromatic heterocycles. The summed E-state index contributed by atoms with van der Waals surface area (Å²) in [7, 11) is 1.69. The Balaban J connectivity index is 0.000000385. The van der Waals surface area contributed by atoms with Crippen molar-refractivity contribution < 1.29 is 14.3 Å². The first kappa shape index (κ1) is 14.4. The number of nitrogens with zero attached hydrogens (tertiary/aromatic N) is 1. The number of hydrogen-bond acceptors (Lipinski definition) is 5. The second-order valence-electron chi connectivity index (χ2n) is 2.71. The normalized spacial score (nSPS) is 8.62. The van der Waals surface area contributed by atoms with E-state index in [0.29, 0.717) is 13.1 Å². The van der Waals surface area contributed by atoms with Gasteiger partial charge in [0.1, 0.15) is 0 Å². The van der Waals surface area contributed by atoms with E-state index in [4.69, 9.17) is 4.74 Å². The van der Waals surface area contributed by atoms with Crippen LogP contribution in [0.15, 0.2) is 24.5 Å². The van der Waals surface area contributed by atoms with Crippen molar-refractivity contribution in [1.82, 2.24) is 4.98 Å². The summed E-state index contributed by atoms with van der Waals surface area (Å²) in [5.41, 5.74) is 1.03. The lowest BCUT2D eigenvalue weighted by atomic mass is 10.4. The van der Waals surface area contributed by atoms with Crippen LogP contribution < -0.4 is 5.32 Å². The molecule has 0 unspecified atom stereocenters. The van der Waals surface area contributed by atoms with Gasteiger partial charge in [-0.25, -0.2) is 0 Å². The summed E-state index contributed by atoms with van der Waals surface area (Å²) in [4.78, 5) is 13.1. The van der Waals surface area contributed by atoms with Gasteiger partial charge in [-0.1, -0.05) is 0 Å². The van der Waals surface area contributed by atoms with Gasteiger partial charge in [-0.3, -0.25) is 9.78 Å². The molecule has 0 aliphatic rings. The molecule has 0 saturated heterocycles. The number of carbonyl (C=O) groups excluding carboxylic acids is 1. The molecular weight excluding hydrogens is 208 g/mol. The molecule has 0 aliphatic heterocycles. The Morgan fingerprint density at radius 1 is 1.56 bits per heavy atom. The van der Waals surface area contributed by atoms with E-state index in [2.05, 4.69) is 15.0 Å². The number of methoxy groups -OCH3 is 1. The Labute approximate surface area is 95.8 Å². The summed E-state index contributed by atoms with van der Waals surface area (Å²) in [6, 6.07) is 3.87. The van der Waals surface area contributed by atoms with Crippen LogP contribution in [-0.4, -0.2) is 38.3 Å². The van der Waals surface area contributed by atoms with Gasteiger partial charge in [-0.2, -0.15) is 0 Å². The first-order chi connectivity index (χ1) is 7.85. The Bertz CT molecular complexity index is 255. The monoisotopic (exact) mass is 226 g/mol. The maximum atomic E-state index is 9.18. The van der Waals surface area contributed by atoms with Gasteiger partial charge in [0, 0.05) is 26.0 Å². The van der Waals surface area contributed by atoms with Gasteiger partial charge in [0.2, 0.25) is 0 Å². The minimum absolute atomic E-state index is 0.431. The van der Waals surface area contributed by atoms with E-state index in [1.165, 1.54) is 0 Å². The van der Waals surface area contributed by atoms with Crippen molar-refractivity contribution in [1.29, 1.82) is 0 Å². The van der Waals surface area contributed by atoms with Crippen LogP contribution in [0.5, 0.6) is 0 Å². The van der Waals surface area contributed by atoms with Crippen LogP contribution >= 0.6 is 0 Å². The second kappa shape index (κ2) is 11.5. The van der Waals surface area contributed by atoms with E-state index < -0.39 is 0 Å². The number of anilines is 1. The van der Waals surface area contributed by atoms with Gasteiger partial charge in [-0.05, 0) is 19.1 Å². The minimum atomic E-state index is 0.431. The summed E-state index contributed by atoms with van der Waals surface area (Å²) in [6.07, 6.45) is 3.54. The quantitative estimate of drug-likeness (QED) is 0.585. The Morgan fingerprint density at radius 3 is 2.81 bits per heavy atom. The third-order valence-electron chi connectivity index (χ3n) is 1.53. The largest absolute Gasteiger partial charge is 0.468 e. The zero-order valence-electron chi connectivity index (χ0n) is 9.68. The van der Waals surface area contributed by atoms with Crippen molar-refractivity contribution in [2.24, 2.45) is 0 Å². The van der Waals surface area contributed by atoms with Crippen LogP contribution in [0, 0.1) is 0 Å². The molecule has 0 spiro atoms. The molecule has 16 heavy (non-hydrogen) atoms. The Hall–Kier alpha value is -1.62. The third-order valence-corrected chi connectivity index (χ3v) is 1.53. The lowest BCUT2D eigenvalue weighted by molar-refractivity contribution is -0.128. The van der Waals surface area contributed by atoms with Crippen molar-refractivity contribution >= 4 is 12.2 Å². The van der Waals surface area contributed by atoms with Crippen molar-refractivity contribution in [3.05, 3.63) is 24.5 Å². The van der Waals surface area contributed by atoms with Crippen molar-refractivity contribution in [3.8, 4) is 0 Å². The summed E-state index contributed by atoms with van der Waals surface area (Å²) < 4.78 is 9.03. The maximum absolute atomic E-state index is 9.18. The highest BCUT2D eigenvalue weighted by molar-refractivity contribution is 5.39. The smallest absolute Gasteiger partial charge is 0.293 e. The summed E-state index contributed by atoms with van der Waals surface area (Å²) >= 11 is 0. The van der Waals surface area contributed by atoms with E-state index in [-0.39, 0.29) is 0 Å². The average molecular weight is 226 g/mol. The van der Waals surface area contributed by atoms with Crippen molar-refractivity contribution in [2.75, 3.05) is 32.2 Å².